The van der Waals surface area contributed by atoms with Gasteiger partial charge in [0.2, 0.25) is 0 Å². The summed E-state index contributed by atoms with van der Waals surface area (Å²) < 4.78 is 356. The van der Waals surface area contributed by atoms with Crippen LogP contribution < -0.4 is 26.2 Å². The molecule has 2 aliphatic rings. The molecule has 7 heterocycles. The minimum atomic E-state index is -2.16. The highest BCUT2D eigenvalue weighted by Gasteiger charge is 2.46. The SMILES string of the molecule is [2H]c1c([2H])c(-n2c3c([2H])c([2H])c([2H])c([2H])c3c3c([2H])c([2H])c([2H])c([2H])c32)c([2H])c2c1B1c3c(cc(-n4c5ccccc5c5ccccc54)cc3N(c3c([2H])c(-c4ccccc4)c([2H])c4c3oc3c([2H])c([2H])c([2H])c([2H])c34)c3c([2H])c(-n4c5c([2H])c([2H])c([2H])c([2H])c5c5c([2H])c([2H])c([2H])c([2H])c54)c([2H])c([2H])c31)N2c1c([2H])c(-c2ccccc2)c([2H])c2c1oc1c([2H])c([2H])c([2H])c([2H])c12. The molecule has 0 amide bonds. The summed E-state index contributed by atoms with van der Waals surface area (Å²) >= 11 is 0. The molecule has 0 atom stereocenters. The highest BCUT2D eigenvalue weighted by molar-refractivity contribution is 7.00. The molecule has 2 aliphatic heterocycles. The van der Waals surface area contributed by atoms with Crippen molar-refractivity contribution < 1.29 is 55.4 Å². The topological polar surface area (TPSA) is 47.6 Å². The lowest BCUT2D eigenvalue weighted by Gasteiger charge is -2.44. The fraction of sp³-hybridized carbons (Fsp3) is 0. The van der Waals surface area contributed by atoms with Gasteiger partial charge in [0.15, 0.2) is 11.2 Å². The maximum atomic E-state index is 11.7. The Kier molecular flexibility index (Phi) is 6.32. The first kappa shape index (κ1) is 30.6. The number of para-hydroxylation sites is 8. The Morgan fingerprint density at radius 1 is 0.265 bits per heavy atom. The van der Waals surface area contributed by atoms with Crippen LogP contribution in [0.15, 0.2) is 336 Å². The second kappa shape index (κ2) is 20.2. The zero-order chi connectivity index (χ0) is 93.4. The minimum absolute atomic E-state index is 0.00442. The predicted octanol–water partition coefficient (Wildman–Crippen LogP) is 22.2. The number of aromatic nitrogens is 3. The van der Waals surface area contributed by atoms with E-state index < -0.39 is 345 Å². The van der Waals surface area contributed by atoms with Gasteiger partial charge in [-0.1, -0.05) is 218 Å². The van der Waals surface area contributed by atoms with Crippen molar-refractivity contribution in [3.05, 3.63) is 327 Å². The quantitative estimate of drug-likeness (QED) is 0.149. The van der Waals surface area contributed by atoms with Gasteiger partial charge in [-0.25, -0.2) is 0 Å². The van der Waals surface area contributed by atoms with E-state index in [1.54, 1.807) is 77.4 Å². The van der Waals surface area contributed by atoms with Gasteiger partial charge < -0.3 is 32.3 Å². The number of hydrogen-bond acceptors (Lipinski definition) is 4. The van der Waals surface area contributed by atoms with E-state index in [1.807, 2.05) is 12.1 Å². The van der Waals surface area contributed by atoms with Gasteiger partial charge in [0.25, 0.3) is 6.71 Å². The number of furan rings is 2. The van der Waals surface area contributed by atoms with Crippen LogP contribution in [0.3, 0.4) is 0 Å². The smallest absolute Gasteiger partial charge is 0.252 e. The van der Waals surface area contributed by atoms with E-state index in [0.717, 1.165) is 9.13 Å². The summed E-state index contributed by atoms with van der Waals surface area (Å²) in [6, 6.07) is 3.02. The highest BCUT2D eigenvalue weighted by atomic mass is 16.3. The fourth-order valence-electron chi connectivity index (χ4n) is 14.5. The maximum absolute atomic E-state index is 11.7. The van der Waals surface area contributed by atoms with Gasteiger partial charge >= 0.3 is 0 Å². The van der Waals surface area contributed by atoms with Gasteiger partial charge in [-0.15, -0.1) is 0 Å². The van der Waals surface area contributed by atoms with Crippen molar-refractivity contribution in [1.29, 1.82) is 0 Å². The molecule has 0 N–H and O–H groups in total. The third kappa shape index (κ3) is 7.48. The van der Waals surface area contributed by atoms with Crippen LogP contribution in [-0.4, -0.2) is 20.4 Å². The molecule has 0 spiro atoms. The molecule has 0 bridgehead atoms. The van der Waals surface area contributed by atoms with E-state index >= 15 is 0 Å². The Bertz CT molecular complexity index is 8280. The van der Waals surface area contributed by atoms with E-state index in [4.69, 9.17) is 17.1 Å². The van der Waals surface area contributed by atoms with Crippen molar-refractivity contribution in [2.75, 3.05) is 9.80 Å². The lowest BCUT2D eigenvalue weighted by molar-refractivity contribution is 0.669. The van der Waals surface area contributed by atoms with E-state index in [2.05, 4.69) is 0 Å². The molecular weight excluding hydrogens is 1190 g/mol. The first-order valence-electron chi connectivity index (χ1n) is 47.9. The number of fused-ring (bicyclic) bond motifs is 19. The lowest BCUT2D eigenvalue weighted by Crippen LogP contribution is -2.61. The van der Waals surface area contributed by atoms with Gasteiger partial charge in [0.1, 0.15) is 11.2 Å². The number of anilines is 6. The second-order valence-corrected chi connectivity index (χ2v) is 23.6. The molecule has 0 unspecified atom stereocenters. The van der Waals surface area contributed by atoms with Gasteiger partial charge in [-0.3, -0.25) is 0 Å². The normalized spacial score (nSPS) is 17.7. The van der Waals surface area contributed by atoms with Crippen LogP contribution >= 0.6 is 0 Å². The van der Waals surface area contributed by atoms with Crippen molar-refractivity contribution in [1.82, 2.24) is 13.7 Å². The lowest BCUT2D eigenvalue weighted by atomic mass is 9.33. The predicted molar refractivity (Wildman–Crippen MR) is 409 cm³/mol. The number of hydrogen-bond donors (Lipinski definition) is 0. The molecule has 5 aromatic heterocycles. The average molecular weight is 1280 g/mol. The third-order valence-corrected chi connectivity index (χ3v) is 18.5. The van der Waals surface area contributed by atoms with E-state index in [9.17, 15) is 38.4 Å². The molecule has 22 rings (SSSR count). The molecule has 7 nitrogen and oxygen atoms in total. The molecule has 0 aliphatic carbocycles. The molecule has 454 valence electrons. The van der Waals surface area contributed by atoms with Crippen LogP contribution in [0.25, 0.3) is 149 Å². The first-order valence-corrected chi connectivity index (χ1v) is 30.9. The van der Waals surface area contributed by atoms with Crippen LogP contribution in [0.2, 0.25) is 0 Å². The van der Waals surface area contributed by atoms with Crippen LogP contribution in [-0.2, 0) is 0 Å². The van der Waals surface area contributed by atoms with Crippen molar-refractivity contribution in [2.45, 2.75) is 0 Å². The van der Waals surface area contributed by atoms with Crippen LogP contribution in [0.5, 0.6) is 0 Å². The summed E-state index contributed by atoms with van der Waals surface area (Å²) in [6.07, 6.45) is 0. The van der Waals surface area contributed by atoms with Crippen molar-refractivity contribution in [2.24, 2.45) is 0 Å². The second-order valence-electron chi connectivity index (χ2n) is 23.6. The standard InChI is InChI=1S/C90H54BN5O2/c1-3-23-55(24-4-1)57-47-70-68-33-13-21-41-86(68)97-89(70)84(49-57)95-80-51-59(92-74-35-15-7-27-62(74)63-28-8-16-36-75(63)92)43-45-72(80)91-73-46-44-60(93-76-37-17-9-29-64(76)65-30-10-18-38-77(65)93)52-81(73)96(85-50-58(56-25-5-2-6-26-56)48-71-69-34-14-22-42-87(69)98-90(71)85)83-54-61(53-82(95)88(83)91)94-78-39-19-11-31-66(78)67-32-12-20-40-79(67)94/h1-54H/i7D,8D,9D,10D,13D,14D,15D,16D,17D,18D,21D,22D,27D,28D,29D,30D,33D,34D,35D,36D,37D,38D,41D,42D,43D,44D,45D,46D,47D,48D,49D,50D,51D,52D. The van der Waals surface area contributed by atoms with Gasteiger partial charge in [0.05, 0.1) is 96.8 Å². The monoisotopic (exact) mass is 1280 g/mol. The molecule has 8 heteroatoms. The van der Waals surface area contributed by atoms with Gasteiger partial charge in [0, 0.05) is 88.0 Å². The molecule has 0 saturated heterocycles. The Morgan fingerprint density at radius 3 is 1.06 bits per heavy atom. The molecule has 0 fully saturated rings. The van der Waals surface area contributed by atoms with Crippen molar-refractivity contribution >= 4 is 167 Å². The molecular formula is C90H54BN5O2. The van der Waals surface area contributed by atoms with E-state index in [0.29, 0.717) is 21.8 Å². The summed E-state index contributed by atoms with van der Waals surface area (Å²) in [5.41, 5.74) is -11.3. The van der Waals surface area contributed by atoms with Gasteiger partial charge in [-0.05, 0) is 148 Å². The van der Waals surface area contributed by atoms with Crippen molar-refractivity contribution in [3.8, 4) is 39.3 Å². The minimum Gasteiger partial charge on any atom is -0.454 e. The van der Waals surface area contributed by atoms with Crippen LogP contribution in [0, 0.1) is 0 Å². The fourth-order valence-corrected chi connectivity index (χ4v) is 14.5. The molecule has 15 aromatic carbocycles. The van der Waals surface area contributed by atoms with Crippen LogP contribution in [0.1, 0.15) is 46.6 Å². The molecule has 20 aromatic rings. The maximum Gasteiger partial charge on any atom is 0.252 e. The summed E-state index contributed by atoms with van der Waals surface area (Å²) in [7, 11) is 0. The third-order valence-electron chi connectivity index (χ3n) is 18.5. The van der Waals surface area contributed by atoms with E-state index in [-0.39, 0.29) is 44.8 Å². The Morgan fingerprint density at radius 2 is 0.633 bits per heavy atom. The van der Waals surface area contributed by atoms with Crippen LogP contribution in [0.4, 0.5) is 34.1 Å². The number of nitrogens with zero attached hydrogens (tertiary/aromatic N) is 5. The highest BCUT2D eigenvalue weighted by Crippen LogP contribution is 2.53. The van der Waals surface area contributed by atoms with Gasteiger partial charge in [-0.2, -0.15) is 0 Å². The Labute approximate surface area is 610 Å². The Balaban J connectivity index is 1.05. The van der Waals surface area contributed by atoms with Crippen molar-refractivity contribution in [3.63, 3.8) is 0 Å². The largest absolute Gasteiger partial charge is 0.454 e. The zero-order valence-corrected chi connectivity index (χ0v) is 50.2. The van der Waals surface area contributed by atoms with E-state index in [1.165, 1.54) is 46.2 Å². The summed E-state index contributed by atoms with van der Waals surface area (Å²) in [5, 5.41) is -2.68. The Hall–Kier alpha value is -13.0. The molecule has 98 heavy (non-hydrogen) atoms. The zero-order valence-electron chi connectivity index (χ0n) is 84.2. The number of benzene rings is 15. The molecule has 0 saturated carbocycles. The first-order chi connectivity index (χ1) is 62.8. The summed E-state index contributed by atoms with van der Waals surface area (Å²) in [5.74, 6) is 0. The summed E-state index contributed by atoms with van der Waals surface area (Å²) in [6.45, 7) is -2.16. The number of rotatable bonds is 7. The average Bonchev–Trinajstić information content (AvgIpc) is 0.935. The summed E-state index contributed by atoms with van der Waals surface area (Å²) in [4.78, 5) is 2.38. The molecule has 0 radical (unpaired) electrons.